The third kappa shape index (κ3) is 4.39. The van der Waals surface area contributed by atoms with Gasteiger partial charge < -0.3 is 4.57 Å². The maximum Gasteiger partial charge on any atom is 0.0570 e. The second-order valence-corrected chi connectivity index (χ2v) is 12.7. The van der Waals surface area contributed by atoms with Crippen LogP contribution in [0.15, 0.2) is 164 Å². The lowest BCUT2D eigenvalue weighted by Gasteiger charge is -2.18. The predicted molar refractivity (Wildman–Crippen MR) is 202 cm³/mol. The van der Waals surface area contributed by atoms with Crippen LogP contribution in [0.4, 0.5) is 0 Å². The van der Waals surface area contributed by atoms with Gasteiger partial charge in [0, 0.05) is 16.5 Å². The lowest BCUT2D eigenvalue weighted by Crippen LogP contribution is -1.96. The maximum absolute atomic E-state index is 2.46. The Bertz CT molecular complexity index is 2580. The SMILES string of the molecule is Cc1cccc(-c2ccc3c(c2)c2cccc(C)c2n3-c2cccc(-c3c4ccccc4c(-c4ccccc4)c4ccccc34)c2)c1. The molecule has 0 aliphatic carbocycles. The fourth-order valence-corrected chi connectivity index (χ4v) is 7.67. The molecule has 8 aromatic carbocycles. The molecule has 0 bridgehead atoms. The van der Waals surface area contributed by atoms with Crippen molar-refractivity contribution in [3.05, 3.63) is 175 Å². The molecule has 1 heteroatoms. The van der Waals surface area contributed by atoms with E-state index in [-0.39, 0.29) is 0 Å². The highest BCUT2D eigenvalue weighted by atomic mass is 15.0. The zero-order valence-electron chi connectivity index (χ0n) is 26.5. The molecule has 0 saturated carbocycles. The van der Waals surface area contributed by atoms with E-state index in [4.69, 9.17) is 0 Å². The maximum atomic E-state index is 2.46. The summed E-state index contributed by atoms with van der Waals surface area (Å²) in [5.41, 5.74) is 13.7. The molecule has 0 spiro atoms. The molecule has 0 unspecified atom stereocenters. The summed E-state index contributed by atoms with van der Waals surface area (Å²) in [5, 5.41) is 7.63. The van der Waals surface area contributed by atoms with Gasteiger partial charge >= 0.3 is 0 Å². The molecule has 0 fully saturated rings. The Morgan fingerprint density at radius 1 is 0.362 bits per heavy atom. The lowest BCUT2D eigenvalue weighted by molar-refractivity contribution is 1.17. The van der Waals surface area contributed by atoms with Crippen molar-refractivity contribution >= 4 is 43.4 Å². The summed E-state index contributed by atoms with van der Waals surface area (Å²) in [6, 6.07) is 60.1. The van der Waals surface area contributed by atoms with Gasteiger partial charge in [-0.3, -0.25) is 0 Å². The monoisotopic (exact) mass is 599 g/mol. The smallest absolute Gasteiger partial charge is 0.0570 e. The van der Waals surface area contributed by atoms with E-state index < -0.39 is 0 Å². The van der Waals surface area contributed by atoms with Crippen LogP contribution in [0.25, 0.3) is 82.4 Å². The topological polar surface area (TPSA) is 4.93 Å². The number of fused-ring (bicyclic) bond motifs is 5. The van der Waals surface area contributed by atoms with E-state index >= 15 is 0 Å². The van der Waals surface area contributed by atoms with E-state index in [1.165, 1.54) is 93.5 Å². The molecule has 0 amide bonds. The fourth-order valence-electron chi connectivity index (χ4n) is 7.67. The van der Waals surface area contributed by atoms with Gasteiger partial charge in [0.25, 0.3) is 0 Å². The number of para-hydroxylation sites is 1. The van der Waals surface area contributed by atoms with Crippen molar-refractivity contribution < 1.29 is 0 Å². The van der Waals surface area contributed by atoms with Crippen LogP contribution in [0.2, 0.25) is 0 Å². The van der Waals surface area contributed by atoms with Gasteiger partial charge in [0.15, 0.2) is 0 Å². The molecule has 222 valence electrons. The largest absolute Gasteiger partial charge is 0.309 e. The van der Waals surface area contributed by atoms with Gasteiger partial charge in [-0.2, -0.15) is 0 Å². The molecule has 47 heavy (non-hydrogen) atoms. The van der Waals surface area contributed by atoms with E-state index in [9.17, 15) is 0 Å². The number of rotatable bonds is 4. The molecule has 1 aromatic heterocycles. The Morgan fingerprint density at radius 3 is 1.62 bits per heavy atom. The average Bonchev–Trinajstić information content (AvgIpc) is 3.46. The van der Waals surface area contributed by atoms with Crippen molar-refractivity contribution in [3.63, 3.8) is 0 Å². The van der Waals surface area contributed by atoms with Crippen LogP contribution in [-0.4, -0.2) is 4.57 Å². The Hall–Kier alpha value is -5.92. The Kier molecular flexibility index (Phi) is 6.33. The highest BCUT2D eigenvalue weighted by Crippen LogP contribution is 2.44. The minimum absolute atomic E-state index is 1.17. The Balaban J connectivity index is 1.31. The number of hydrogen-bond acceptors (Lipinski definition) is 0. The van der Waals surface area contributed by atoms with Crippen molar-refractivity contribution in [2.75, 3.05) is 0 Å². The molecular weight excluding hydrogens is 567 g/mol. The van der Waals surface area contributed by atoms with Gasteiger partial charge in [-0.25, -0.2) is 0 Å². The van der Waals surface area contributed by atoms with Gasteiger partial charge in [-0.1, -0.05) is 145 Å². The fraction of sp³-hybridized carbons (Fsp3) is 0.0435. The Labute approximate surface area is 275 Å². The van der Waals surface area contributed by atoms with Gasteiger partial charge in [-0.05, 0) is 98.6 Å². The van der Waals surface area contributed by atoms with E-state index in [0.717, 1.165) is 0 Å². The van der Waals surface area contributed by atoms with Crippen LogP contribution < -0.4 is 0 Å². The van der Waals surface area contributed by atoms with Crippen molar-refractivity contribution in [2.45, 2.75) is 13.8 Å². The minimum atomic E-state index is 1.17. The summed E-state index contributed by atoms with van der Waals surface area (Å²) in [4.78, 5) is 0. The van der Waals surface area contributed by atoms with E-state index in [0.29, 0.717) is 0 Å². The number of aryl methyl sites for hydroxylation is 2. The van der Waals surface area contributed by atoms with Crippen molar-refractivity contribution in [2.24, 2.45) is 0 Å². The number of hydrogen-bond donors (Lipinski definition) is 0. The first-order chi connectivity index (χ1) is 23.2. The van der Waals surface area contributed by atoms with Gasteiger partial charge in [0.2, 0.25) is 0 Å². The lowest BCUT2D eigenvalue weighted by atomic mass is 9.86. The first kappa shape index (κ1) is 27.4. The molecule has 0 aliphatic rings. The number of benzene rings is 8. The number of nitrogens with zero attached hydrogens (tertiary/aromatic N) is 1. The number of aromatic nitrogens is 1. The molecule has 0 radical (unpaired) electrons. The molecule has 0 N–H and O–H groups in total. The molecule has 0 atom stereocenters. The van der Waals surface area contributed by atoms with Gasteiger partial charge in [0.05, 0.1) is 11.0 Å². The van der Waals surface area contributed by atoms with Crippen LogP contribution in [0.1, 0.15) is 11.1 Å². The third-order valence-electron chi connectivity index (χ3n) is 9.73. The highest BCUT2D eigenvalue weighted by Gasteiger charge is 2.19. The normalized spacial score (nSPS) is 11.6. The average molecular weight is 600 g/mol. The van der Waals surface area contributed by atoms with Crippen LogP contribution in [0, 0.1) is 13.8 Å². The molecular formula is C46H33N. The Morgan fingerprint density at radius 2 is 0.915 bits per heavy atom. The molecule has 9 aromatic rings. The summed E-state index contributed by atoms with van der Waals surface area (Å²) in [6.07, 6.45) is 0. The van der Waals surface area contributed by atoms with Gasteiger partial charge in [0.1, 0.15) is 0 Å². The molecule has 0 saturated heterocycles. The summed E-state index contributed by atoms with van der Waals surface area (Å²) < 4.78 is 2.46. The molecule has 1 heterocycles. The second kappa shape index (κ2) is 10.9. The molecule has 0 aliphatic heterocycles. The molecule has 1 nitrogen and oxygen atoms in total. The van der Waals surface area contributed by atoms with Crippen molar-refractivity contribution in [1.29, 1.82) is 0 Å². The van der Waals surface area contributed by atoms with Gasteiger partial charge in [-0.15, -0.1) is 0 Å². The van der Waals surface area contributed by atoms with Crippen LogP contribution in [-0.2, 0) is 0 Å². The van der Waals surface area contributed by atoms with E-state index in [2.05, 4.69) is 182 Å². The van der Waals surface area contributed by atoms with Crippen molar-refractivity contribution in [1.82, 2.24) is 4.57 Å². The van der Waals surface area contributed by atoms with E-state index in [1.807, 2.05) is 0 Å². The van der Waals surface area contributed by atoms with E-state index in [1.54, 1.807) is 0 Å². The standard InChI is InChI=1S/C46H33N/c1-30-13-10-17-33(27-30)34-25-26-43-42(29-34)41-24-11-14-31(2)46(41)47(43)36-19-12-18-35(28-36)45-39-22-8-6-20-37(39)44(32-15-4-3-5-16-32)38-21-7-9-23-40(38)45/h3-29H,1-2H3. The third-order valence-corrected chi connectivity index (χ3v) is 9.73. The highest BCUT2D eigenvalue weighted by molar-refractivity contribution is 6.21. The summed E-state index contributed by atoms with van der Waals surface area (Å²) >= 11 is 0. The van der Waals surface area contributed by atoms with Crippen LogP contribution in [0.3, 0.4) is 0 Å². The summed E-state index contributed by atoms with van der Waals surface area (Å²) in [6.45, 7) is 4.39. The summed E-state index contributed by atoms with van der Waals surface area (Å²) in [7, 11) is 0. The zero-order chi connectivity index (χ0) is 31.5. The second-order valence-electron chi connectivity index (χ2n) is 12.7. The zero-order valence-corrected chi connectivity index (χ0v) is 26.5. The first-order valence-corrected chi connectivity index (χ1v) is 16.4. The summed E-state index contributed by atoms with van der Waals surface area (Å²) in [5.74, 6) is 0. The minimum Gasteiger partial charge on any atom is -0.309 e. The predicted octanol–water partition coefficient (Wildman–Crippen LogP) is 12.7. The quantitative estimate of drug-likeness (QED) is 0.177. The van der Waals surface area contributed by atoms with Crippen LogP contribution in [0.5, 0.6) is 0 Å². The first-order valence-electron chi connectivity index (χ1n) is 16.4. The molecule has 9 rings (SSSR count). The van der Waals surface area contributed by atoms with Crippen LogP contribution >= 0.6 is 0 Å². The van der Waals surface area contributed by atoms with Crippen molar-refractivity contribution in [3.8, 4) is 39.1 Å².